The van der Waals surface area contributed by atoms with Gasteiger partial charge in [0.25, 0.3) is 0 Å². The molecular formula is C24H14O4S2. The van der Waals surface area contributed by atoms with Gasteiger partial charge in [0, 0.05) is 27.8 Å². The summed E-state index contributed by atoms with van der Waals surface area (Å²) in [6.07, 6.45) is 0. The Balaban J connectivity index is 1.62. The number of carbonyl (C=O) groups excluding carboxylic acids is 2. The SMILES string of the molecule is O=C(c1ccc2c(c1)-c1ccccc1S2(=O)=O)c1ccccc1C(=O)c1cccs1. The third-order valence-electron chi connectivity index (χ3n) is 5.16. The summed E-state index contributed by atoms with van der Waals surface area (Å²) < 4.78 is 25.5. The molecule has 6 heteroatoms. The van der Waals surface area contributed by atoms with Crippen molar-refractivity contribution in [2.75, 3.05) is 0 Å². The maximum atomic E-state index is 13.3. The lowest BCUT2D eigenvalue weighted by atomic mass is 9.94. The number of hydrogen-bond donors (Lipinski definition) is 0. The average Bonchev–Trinajstić information content (AvgIpc) is 3.39. The largest absolute Gasteiger partial charge is 0.289 e. The van der Waals surface area contributed by atoms with Crippen molar-refractivity contribution in [2.24, 2.45) is 0 Å². The molecular weight excluding hydrogens is 416 g/mol. The molecule has 0 fully saturated rings. The highest BCUT2D eigenvalue weighted by atomic mass is 32.2. The quantitative estimate of drug-likeness (QED) is 0.375. The summed E-state index contributed by atoms with van der Waals surface area (Å²) in [6.45, 7) is 0. The van der Waals surface area contributed by atoms with E-state index in [1.807, 2.05) is 5.38 Å². The number of carbonyl (C=O) groups is 2. The average molecular weight is 431 g/mol. The number of fused-ring (bicyclic) bond motifs is 3. The van der Waals surface area contributed by atoms with E-state index >= 15 is 0 Å². The smallest absolute Gasteiger partial charge is 0.207 e. The van der Waals surface area contributed by atoms with Crippen LogP contribution in [0.4, 0.5) is 0 Å². The van der Waals surface area contributed by atoms with Crippen LogP contribution in [-0.2, 0) is 9.84 Å². The monoisotopic (exact) mass is 430 g/mol. The molecule has 0 saturated carbocycles. The number of benzene rings is 3. The summed E-state index contributed by atoms with van der Waals surface area (Å²) in [5.74, 6) is -0.525. The summed E-state index contributed by atoms with van der Waals surface area (Å²) in [7, 11) is -3.59. The van der Waals surface area contributed by atoms with E-state index in [2.05, 4.69) is 0 Å². The molecule has 0 bridgehead atoms. The van der Waals surface area contributed by atoms with Crippen LogP contribution in [0.1, 0.15) is 31.2 Å². The van der Waals surface area contributed by atoms with Crippen molar-refractivity contribution in [3.63, 3.8) is 0 Å². The number of thiophene rings is 1. The van der Waals surface area contributed by atoms with E-state index < -0.39 is 9.84 Å². The van der Waals surface area contributed by atoms with Crippen LogP contribution in [0.15, 0.2) is 94.0 Å². The minimum Gasteiger partial charge on any atom is -0.289 e. The van der Waals surface area contributed by atoms with Gasteiger partial charge in [0.2, 0.25) is 15.6 Å². The highest BCUT2D eigenvalue weighted by Crippen LogP contribution is 2.43. The van der Waals surface area contributed by atoms with Gasteiger partial charge in [-0.05, 0) is 35.7 Å². The van der Waals surface area contributed by atoms with Crippen molar-refractivity contribution in [3.8, 4) is 11.1 Å². The molecule has 4 aromatic rings. The lowest BCUT2D eigenvalue weighted by molar-refractivity contribution is 0.100. The molecule has 0 aliphatic carbocycles. The van der Waals surface area contributed by atoms with Gasteiger partial charge in [0.1, 0.15) is 0 Å². The second-order valence-corrected chi connectivity index (χ2v) is 9.73. The third kappa shape index (κ3) is 2.76. The molecule has 0 spiro atoms. The van der Waals surface area contributed by atoms with Gasteiger partial charge in [-0.2, -0.15) is 0 Å². The highest BCUT2D eigenvalue weighted by molar-refractivity contribution is 7.92. The van der Waals surface area contributed by atoms with E-state index in [4.69, 9.17) is 0 Å². The molecule has 1 aliphatic rings. The number of sulfone groups is 1. The molecule has 0 saturated heterocycles. The molecule has 30 heavy (non-hydrogen) atoms. The molecule has 3 aromatic carbocycles. The van der Waals surface area contributed by atoms with Gasteiger partial charge in [0.05, 0.1) is 14.7 Å². The normalized spacial score (nSPS) is 13.5. The molecule has 0 unspecified atom stereocenters. The highest BCUT2D eigenvalue weighted by Gasteiger charge is 2.33. The Hall–Kier alpha value is -3.35. The first kappa shape index (κ1) is 18.7. The second kappa shape index (κ2) is 6.86. The van der Waals surface area contributed by atoms with E-state index in [1.165, 1.54) is 23.5 Å². The molecule has 2 heterocycles. The van der Waals surface area contributed by atoms with Crippen LogP contribution < -0.4 is 0 Å². The third-order valence-corrected chi connectivity index (χ3v) is 7.90. The molecule has 0 radical (unpaired) electrons. The van der Waals surface area contributed by atoms with Gasteiger partial charge in [0.15, 0.2) is 5.78 Å². The molecule has 0 amide bonds. The topological polar surface area (TPSA) is 68.3 Å². The Morgan fingerprint density at radius 2 is 1.33 bits per heavy atom. The fraction of sp³-hybridized carbons (Fsp3) is 0. The summed E-state index contributed by atoms with van der Waals surface area (Å²) in [6, 6.07) is 21.6. The zero-order valence-corrected chi connectivity index (χ0v) is 17.2. The first-order valence-electron chi connectivity index (χ1n) is 9.19. The predicted octanol–water partition coefficient (Wildman–Crippen LogP) is 5.02. The summed E-state index contributed by atoms with van der Waals surface area (Å²) in [5, 5.41) is 1.82. The lowest BCUT2D eigenvalue weighted by Crippen LogP contribution is -2.10. The van der Waals surface area contributed by atoms with Crippen LogP contribution in [-0.4, -0.2) is 20.0 Å². The summed E-state index contributed by atoms with van der Waals surface area (Å²) >= 11 is 1.32. The zero-order valence-electron chi connectivity index (χ0n) is 15.5. The molecule has 1 aliphatic heterocycles. The van der Waals surface area contributed by atoms with Gasteiger partial charge in [-0.3, -0.25) is 9.59 Å². The van der Waals surface area contributed by atoms with Gasteiger partial charge < -0.3 is 0 Å². The Labute approximate surface area is 177 Å². The van der Waals surface area contributed by atoms with Gasteiger partial charge in [-0.1, -0.05) is 48.5 Å². The van der Waals surface area contributed by atoms with Crippen molar-refractivity contribution >= 4 is 32.7 Å². The molecule has 4 nitrogen and oxygen atoms in total. The number of ketones is 2. The van der Waals surface area contributed by atoms with E-state index in [9.17, 15) is 18.0 Å². The molecule has 1 aromatic heterocycles. The van der Waals surface area contributed by atoms with Crippen LogP contribution in [0, 0.1) is 0 Å². The summed E-state index contributed by atoms with van der Waals surface area (Å²) in [4.78, 5) is 27.2. The standard InChI is InChI=1S/C24H14O4S2/c25-23(17-7-1-2-8-18(17)24(26)20-9-5-13-29-20)15-11-12-22-19(14-15)16-6-3-4-10-21(16)30(22,27)28/h1-14H. The van der Waals surface area contributed by atoms with Gasteiger partial charge in [-0.15, -0.1) is 11.3 Å². The number of hydrogen-bond acceptors (Lipinski definition) is 5. The van der Waals surface area contributed by atoms with Gasteiger partial charge in [-0.25, -0.2) is 8.42 Å². The molecule has 0 N–H and O–H groups in total. The number of rotatable bonds is 4. The minimum absolute atomic E-state index is 0.197. The van der Waals surface area contributed by atoms with Crippen molar-refractivity contribution < 1.29 is 18.0 Å². The molecule has 0 atom stereocenters. The van der Waals surface area contributed by atoms with Crippen molar-refractivity contribution in [3.05, 3.63) is 106 Å². The van der Waals surface area contributed by atoms with Crippen LogP contribution in [0.25, 0.3) is 11.1 Å². The predicted molar refractivity (Wildman–Crippen MR) is 115 cm³/mol. The fourth-order valence-corrected chi connectivity index (χ4v) is 6.08. The van der Waals surface area contributed by atoms with Crippen molar-refractivity contribution in [1.82, 2.24) is 0 Å². The van der Waals surface area contributed by atoms with E-state index in [1.54, 1.807) is 66.7 Å². The Bertz CT molecular complexity index is 1430. The maximum absolute atomic E-state index is 13.3. The van der Waals surface area contributed by atoms with E-state index in [0.29, 0.717) is 32.7 Å². The Morgan fingerprint density at radius 1 is 0.667 bits per heavy atom. The second-order valence-electron chi connectivity index (χ2n) is 6.89. The maximum Gasteiger partial charge on any atom is 0.207 e. The van der Waals surface area contributed by atoms with Crippen LogP contribution in [0.3, 0.4) is 0 Å². The Kier molecular flexibility index (Phi) is 4.27. The minimum atomic E-state index is -3.59. The lowest BCUT2D eigenvalue weighted by Gasteiger charge is -2.09. The van der Waals surface area contributed by atoms with Crippen LogP contribution in [0.2, 0.25) is 0 Å². The van der Waals surface area contributed by atoms with Crippen LogP contribution >= 0.6 is 11.3 Å². The van der Waals surface area contributed by atoms with Gasteiger partial charge >= 0.3 is 0 Å². The summed E-state index contributed by atoms with van der Waals surface area (Å²) in [5.41, 5.74) is 2.07. The van der Waals surface area contributed by atoms with Crippen LogP contribution in [0.5, 0.6) is 0 Å². The first-order valence-corrected chi connectivity index (χ1v) is 11.6. The molecule has 146 valence electrons. The fourth-order valence-electron chi connectivity index (χ4n) is 3.73. The molecule has 5 rings (SSSR count). The first-order chi connectivity index (χ1) is 14.5. The zero-order chi connectivity index (χ0) is 20.9. The van der Waals surface area contributed by atoms with E-state index in [-0.39, 0.29) is 21.4 Å². The van der Waals surface area contributed by atoms with E-state index in [0.717, 1.165) is 0 Å². The van der Waals surface area contributed by atoms with Crippen molar-refractivity contribution in [2.45, 2.75) is 9.79 Å². The Morgan fingerprint density at radius 3 is 2.07 bits per heavy atom. The van der Waals surface area contributed by atoms with Crippen molar-refractivity contribution in [1.29, 1.82) is 0 Å².